The highest BCUT2D eigenvalue weighted by atomic mass is 16.5. The van der Waals surface area contributed by atoms with Gasteiger partial charge < -0.3 is 18.8 Å². The van der Waals surface area contributed by atoms with Crippen molar-refractivity contribution in [1.29, 1.82) is 0 Å². The number of fused-ring (bicyclic) bond motifs is 3. The summed E-state index contributed by atoms with van der Waals surface area (Å²) < 4.78 is 18.0. The van der Waals surface area contributed by atoms with Gasteiger partial charge in [-0.15, -0.1) is 0 Å². The van der Waals surface area contributed by atoms with Crippen molar-refractivity contribution >= 4 is 34.0 Å². The van der Waals surface area contributed by atoms with Crippen molar-refractivity contribution < 1.29 is 14.2 Å². The van der Waals surface area contributed by atoms with E-state index in [4.69, 9.17) is 14.2 Å². The molecule has 0 saturated heterocycles. The molecule has 8 heteroatoms. The molecule has 4 aromatic rings. The second-order valence-electron chi connectivity index (χ2n) is 6.34. The van der Waals surface area contributed by atoms with Crippen LogP contribution in [0.3, 0.4) is 0 Å². The summed E-state index contributed by atoms with van der Waals surface area (Å²) in [6.07, 6.45) is 3.19. The van der Waals surface area contributed by atoms with Gasteiger partial charge in [0.2, 0.25) is 0 Å². The van der Waals surface area contributed by atoms with Crippen molar-refractivity contribution in [3.8, 4) is 17.2 Å². The smallest absolute Gasteiger partial charge is 0.174 e. The highest BCUT2D eigenvalue weighted by Gasteiger charge is 2.14. The molecule has 0 spiro atoms. The molecule has 4 rings (SSSR count). The molecule has 29 heavy (non-hydrogen) atoms. The van der Waals surface area contributed by atoms with Crippen LogP contribution in [0, 0.1) is 0 Å². The SMILES string of the molecule is COc1ccc(OC)c(C=NNc2ncnc3c4ccc(OC)cc4n(C)c23)c1. The first-order valence-corrected chi connectivity index (χ1v) is 8.94. The zero-order chi connectivity index (χ0) is 20.4. The van der Waals surface area contributed by atoms with E-state index in [1.54, 1.807) is 27.5 Å². The predicted molar refractivity (Wildman–Crippen MR) is 113 cm³/mol. The third-order valence-corrected chi connectivity index (χ3v) is 4.79. The summed E-state index contributed by atoms with van der Waals surface area (Å²) in [6, 6.07) is 11.4. The molecule has 0 amide bonds. The molecule has 0 aliphatic carbocycles. The Kier molecular flexibility index (Phi) is 4.90. The fourth-order valence-corrected chi connectivity index (χ4v) is 3.32. The number of anilines is 1. The van der Waals surface area contributed by atoms with E-state index >= 15 is 0 Å². The predicted octanol–water partition coefficient (Wildman–Crippen LogP) is 3.59. The van der Waals surface area contributed by atoms with Crippen LogP contribution in [0.1, 0.15) is 5.56 Å². The van der Waals surface area contributed by atoms with Crippen LogP contribution in [-0.4, -0.2) is 42.1 Å². The number of hydrogen-bond donors (Lipinski definition) is 1. The van der Waals surface area contributed by atoms with Gasteiger partial charge in [-0.25, -0.2) is 9.97 Å². The average Bonchev–Trinajstić information content (AvgIpc) is 3.06. The molecular formula is C21H21N5O3. The molecule has 0 radical (unpaired) electrons. The summed E-state index contributed by atoms with van der Waals surface area (Å²) in [5.74, 6) is 2.81. The standard InChI is InChI=1S/C21H21N5O3/c1-26-17-10-15(28-3)5-7-16(17)19-20(26)21(23-12-22-19)25-24-11-13-9-14(27-2)6-8-18(13)29-4/h5-12H,1-4H3,(H,22,23,25). The lowest BCUT2D eigenvalue weighted by molar-refractivity contribution is 0.402. The van der Waals surface area contributed by atoms with Crippen LogP contribution in [0.25, 0.3) is 21.9 Å². The third-order valence-electron chi connectivity index (χ3n) is 4.79. The van der Waals surface area contributed by atoms with E-state index in [1.165, 1.54) is 6.33 Å². The minimum Gasteiger partial charge on any atom is -0.497 e. The Labute approximate surface area is 167 Å². The second-order valence-corrected chi connectivity index (χ2v) is 6.34. The van der Waals surface area contributed by atoms with Gasteiger partial charge in [0.25, 0.3) is 0 Å². The molecule has 0 bridgehead atoms. The lowest BCUT2D eigenvalue weighted by Crippen LogP contribution is -1.99. The summed E-state index contributed by atoms with van der Waals surface area (Å²) in [7, 11) is 6.85. The molecule has 1 N–H and O–H groups in total. The van der Waals surface area contributed by atoms with Gasteiger partial charge >= 0.3 is 0 Å². The number of benzene rings is 2. The maximum absolute atomic E-state index is 5.38. The van der Waals surface area contributed by atoms with Gasteiger partial charge in [0.15, 0.2) is 5.82 Å². The molecule has 2 aromatic heterocycles. The molecule has 8 nitrogen and oxygen atoms in total. The number of hydrogen-bond acceptors (Lipinski definition) is 7. The number of methoxy groups -OCH3 is 3. The molecular weight excluding hydrogens is 370 g/mol. The van der Waals surface area contributed by atoms with Crippen molar-refractivity contribution in [3.63, 3.8) is 0 Å². The number of aryl methyl sites for hydroxylation is 1. The van der Waals surface area contributed by atoms with Crippen molar-refractivity contribution in [2.45, 2.75) is 0 Å². The molecule has 0 atom stereocenters. The number of aromatic nitrogens is 3. The van der Waals surface area contributed by atoms with Crippen LogP contribution in [0.5, 0.6) is 17.2 Å². The molecule has 0 aliphatic rings. The van der Waals surface area contributed by atoms with Gasteiger partial charge in [-0.3, -0.25) is 5.43 Å². The van der Waals surface area contributed by atoms with Gasteiger partial charge in [-0.2, -0.15) is 5.10 Å². The summed E-state index contributed by atoms with van der Waals surface area (Å²) in [6.45, 7) is 0. The third kappa shape index (κ3) is 3.29. The van der Waals surface area contributed by atoms with Crippen LogP contribution >= 0.6 is 0 Å². The fraction of sp³-hybridized carbons (Fsp3) is 0.190. The molecule has 0 fully saturated rings. The van der Waals surface area contributed by atoms with E-state index < -0.39 is 0 Å². The number of rotatable bonds is 6. The van der Waals surface area contributed by atoms with Crippen LogP contribution in [0.2, 0.25) is 0 Å². The Hall–Kier alpha value is -3.81. The minimum absolute atomic E-state index is 0.603. The molecule has 2 aromatic carbocycles. The Bertz CT molecular complexity index is 1220. The molecule has 0 saturated carbocycles. The first-order chi connectivity index (χ1) is 14.2. The quantitative estimate of drug-likeness (QED) is 0.399. The largest absolute Gasteiger partial charge is 0.497 e. The molecule has 148 valence electrons. The van der Waals surface area contributed by atoms with Crippen LogP contribution in [-0.2, 0) is 7.05 Å². The van der Waals surface area contributed by atoms with Gasteiger partial charge in [0.1, 0.15) is 34.6 Å². The highest BCUT2D eigenvalue weighted by Crippen LogP contribution is 2.32. The van der Waals surface area contributed by atoms with E-state index in [0.29, 0.717) is 11.6 Å². The van der Waals surface area contributed by atoms with Gasteiger partial charge in [0, 0.05) is 24.1 Å². The first-order valence-electron chi connectivity index (χ1n) is 8.94. The highest BCUT2D eigenvalue weighted by molar-refractivity contribution is 6.09. The molecule has 2 heterocycles. The number of ether oxygens (including phenoxy) is 3. The number of nitrogens with one attached hydrogen (secondary N) is 1. The van der Waals surface area contributed by atoms with Gasteiger partial charge in [-0.05, 0) is 30.3 Å². The first kappa shape index (κ1) is 18.5. The molecule has 0 unspecified atom stereocenters. The Morgan fingerprint density at radius 3 is 2.48 bits per heavy atom. The minimum atomic E-state index is 0.603. The Morgan fingerprint density at radius 1 is 0.966 bits per heavy atom. The monoisotopic (exact) mass is 391 g/mol. The second kappa shape index (κ2) is 7.67. The van der Waals surface area contributed by atoms with E-state index in [2.05, 4.69) is 20.5 Å². The Morgan fingerprint density at radius 2 is 1.72 bits per heavy atom. The van der Waals surface area contributed by atoms with Crippen molar-refractivity contribution in [2.24, 2.45) is 12.1 Å². The van der Waals surface area contributed by atoms with Gasteiger partial charge in [0.05, 0.1) is 33.1 Å². The zero-order valence-corrected chi connectivity index (χ0v) is 16.6. The van der Waals surface area contributed by atoms with Crippen LogP contribution in [0.15, 0.2) is 47.8 Å². The topological polar surface area (TPSA) is 82.8 Å². The summed E-state index contributed by atoms with van der Waals surface area (Å²) >= 11 is 0. The van der Waals surface area contributed by atoms with Crippen molar-refractivity contribution in [3.05, 3.63) is 48.3 Å². The number of nitrogens with zero attached hydrogens (tertiary/aromatic N) is 4. The van der Waals surface area contributed by atoms with E-state index in [0.717, 1.165) is 39.0 Å². The lowest BCUT2D eigenvalue weighted by atomic mass is 10.2. The zero-order valence-electron chi connectivity index (χ0n) is 16.6. The van der Waals surface area contributed by atoms with E-state index in [1.807, 2.05) is 48.0 Å². The summed E-state index contributed by atoms with van der Waals surface area (Å²) in [5.41, 5.74) is 6.51. The van der Waals surface area contributed by atoms with E-state index in [-0.39, 0.29) is 0 Å². The van der Waals surface area contributed by atoms with Crippen molar-refractivity contribution in [2.75, 3.05) is 26.8 Å². The van der Waals surface area contributed by atoms with Crippen molar-refractivity contribution in [1.82, 2.24) is 14.5 Å². The normalized spacial score (nSPS) is 11.3. The van der Waals surface area contributed by atoms with Gasteiger partial charge in [-0.1, -0.05) is 0 Å². The van der Waals surface area contributed by atoms with Crippen LogP contribution in [0.4, 0.5) is 5.82 Å². The maximum atomic E-state index is 5.38. The van der Waals surface area contributed by atoms with Crippen LogP contribution < -0.4 is 19.6 Å². The maximum Gasteiger partial charge on any atom is 0.174 e. The number of hydrazone groups is 1. The average molecular weight is 391 g/mol. The summed E-state index contributed by atoms with van der Waals surface area (Å²) in [5, 5.41) is 5.37. The Balaban J connectivity index is 1.73. The fourth-order valence-electron chi connectivity index (χ4n) is 3.32. The van der Waals surface area contributed by atoms with E-state index in [9.17, 15) is 0 Å². The lowest BCUT2D eigenvalue weighted by Gasteiger charge is -2.07. The molecule has 0 aliphatic heterocycles. The summed E-state index contributed by atoms with van der Waals surface area (Å²) in [4.78, 5) is 8.83.